The number of hydrogen-bond donors (Lipinski definition) is 3. The van der Waals surface area contributed by atoms with Crippen molar-refractivity contribution in [3.05, 3.63) is 0 Å². The Kier molecular flexibility index (Phi) is 8.46. The van der Waals surface area contributed by atoms with Crippen LogP contribution in [0.5, 0.6) is 0 Å². The van der Waals surface area contributed by atoms with E-state index in [4.69, 9.17) is 10.8 Å². The van der Waals surface area contributed by atoms with Crippen LogP contribution in [-0.2, 0) is 9.59 Å². The topological polar surface area (TPSA) is 95.7 Å². The minimum absolute atomic E-state index is 0.0158. The summed E-state index contributed by atoms with van der Waals surface area (Å²) in [5.74, 6) is -0.674. The summed E-state index contributed by atoms with van der Waals surface area (Å²) in [6.45, 7) is 2.98. The number of nitrogens with two attached hydrogens (primary N) is 1. The van der Waals surface area contributed by atoms with Crippen molar-refractivity contribution in [1.82, 2.24) is 10.2 Å². The van der Waals surface area contributed by atoms with Crippen LogP contribution in [0.25, 0.3) is 0 Å². The van der Waals surface area contributed by atoms with E-state index in [-0.39, 0.29) is 25.6 Å². The monoisotopic (exact) mass is 231 g/mol. The van der Waals surface area contributed by atoms with Gasteiger partial charge in [0.25, 0.3) is 0 Å². The molecule has 0 aliphatic rings. The van der Waals surface area contributed by atoms with Crippen molar-refractivity contribution < 1.29 is 14.7 Å². The lowest BCUT2D eigenvalue weighted by Crippen LogP contribution is -2.43. The second-order valence-corrected chi connectivity index (χ2v) is 3.54. The van der Waals surface area contributed by atoms with Crippen molar-refractivity contribution in [2.75, 3.05) is 32.8 Å². The highest BCUT2D eigenvalue weighted by atomic mass is 16.3. The number of amides is 2. The average Bonchev–Trinajstić information content (AvgIpc) is 2.23. The van der Waals surface area contributed by atoms with Crippen LogP contribution < -0.4 is 11.1 Å². The molecule has 0 atom stereocenters. The fourth-order valence-electron chi connectivity index (χ4n) is 1.22. The van der Waals surface area contributed by atoms with Crippen LogP contribution in [-0.4, -0.2) is 54.6 Å². The zero-order chi connectivity index (χ0) is 12.4. The molecular formula is C10H21N3O3. The first-order valence-corrected chi connectivity index (χ1v) is 5.49. The molecule has 2 amide bonds. The fourth-order valence-corrected chi connectivity index (χ4v) is 1.22. The van der Waals surface area contributed by atoms with Gasteiger partial charge in [0.2, 0.25) is 11.8 Å². The first-order valence-electron chi connectivity index (χ1n) is 5.49. The van der Waals surface area contributed by atoms with Gasteiger partial charge in [-0.05, 0) is 6.42 Å². The molecule has 16 heavy (non-hydrogen) atoms. The normalized spacial score (nSPS) is 10.1. The number of rotatable bonds is 9. The Labute approximate surface area is 95.8 Å². The predicted molar refractivity (Wildman–Crippen MR) is 60.6 cm³/mol. The number of hydrogen-bond acceptors (Lipinski definition) is 4. The van der Waals surface area contributed by atoms with Crippen LogP contribution in [0.2, 0.25) is 0 Å². The molecule has 0 rings (SSSR count). The molecule has 0 bridgehead atoms. The van der Waals surface area contributed by atoms with Gasteiger partial charge in [-0.1, -0.05) is 13.3 Å². The Morgan fingerprint density at radius 2 is 2.12 bits per heavy atom. The molecule has 0 heterocycles. The zero-order valence-electron chi connectivity index (χ0n) is 9.74. The highest BCUT2D eigenvalue weighted by molar-refractivity contribution is 5.84. The molecule has 0 aromatic carbocycles. The molecule has 0 fully saturated rings. The summed E-state index contributed by atoms with van der Waals surface area (Å²) in [6.07, 6.45) is 1.80. The van der Waals surface area contributed by atoms with Crippen LogP contribution in [0.3, 0.4) is 0 Å². The quantitative estimate of drug-likeness (QED) is 0.429. The van der Waals surface area contributed by atoms with Gasteiger partial charge in [-0.2, -0.15) is 0 Å². The Bertz CT molecular complexity index is 221. The maximum absolute atomic E-state index is 11.6. The van der Waals surface area contributed by atoms with Gasteiger partial charge in [-0.25, -0.2) is 0 Å². The fraction of sp³-hybridized carbons (Fsp3) is 0.800. The Hall–Kier alpha value is -1.14. The molecule has 0 spiro atoms. The molecule has 0 saturated carbocycles. The van der Waals surface area contributed by atoms with Gasteiger partial charge in [-0.15, -0.1) is 0 Å². The Balaban J connectivity index is 4.04. The van der Waals surface area contributed by atoms with Gasteiger partial charge in [0.1, 0.15) is 0 Å². The Morgan fingerprint density at radius 3 is 2.62 bits per heavy atom. The van der Waals surface area contributed by atoms with Gasteiger partial charge in [-0.3, -0.25) is 9.59 Å². The molecule has 0 aromatic rings. The van der Waals surface area contributed by atoms with E-state index in [1.165, 1.54) is 4.90 Å². The number of nitrogens with zero attached hydrogens (tertiary/aromatic N) is 1. The van der Waals surface area contributed by atoms with Gasteiger partial charge < -0.3 is 21.1 Å². The Morgan fingerprint density at radius 1 is 1.44 bits per heavy atom. The van der Waals surface area contributed by atoms with Crippen molar-refractivity contribution in [2.24, 2.45) is 5.73 Å². The van der Waals surface area contributed by atoms with Crippen molar-refractivity contribution in [3.8, 4) is 0 Å². The molecule has 6 nitrogen and oxygen atoms in total. The molecular weight excluding hydrogens is 210 g/mol. The number of carbonyl (C=O) groups is 2. The lowest BCUT2D eigenvalue weighted by atomic mass is 10.3. The van der Waals surface area contributed by atoms with Crippen molar-refractivity contribution >= 4 is 11.8 Å². The number of aliphatic hydroxyl groups excluding tert-OH is 1. The number of primary amides is 1. The standard InChI is InChI=1S/C10H21N3O3/c1-2-3-5-13(8-9(11)15)10(16)7-12-4-6-14/h12,14H,2-8H2,1H3,(H2,11,15). The minimum Gasteiger partial charge on any atom is -0.395 e. The van der Waals surface area contributed by atoms with Gasteiger partial charge >= 0.3 is 0 Å². The van der Waals surface area contributed by atoms with Crippen LogP contribution >= 0.6 is 0 Å². The molecule has 94 valence electrons. The maximum Gasteiger partial charge on any atom is 0.237 e. The first-order chi connectivity index (χ1) is 7.61. The summed E-state index contributed by atoms with van der Waals surface area (Å²) in [5, 5.41) is 11.3. The summed E-state index contributed by atoms with van der Waals surface area (Å²) in [7, 11) is 0. The minimum atomic E-state index is -0.508. The third-order valence-corrected chi connectivity index (χ3v) is 2.05. The third kappa shape index (κ3) is 7.19. The van der Waals surface area contributed by atoms with Crippen LogP contribution in [0.15, 0.2) is 0 Å². The highest BCUT2D eigenvalue weighted by Gasteiger charge is 2.14. The summed E-state index contributed by atoms with van der Waals surface area (Å²) in [5.41, 5.74) is 5.06. The summed E-state index contributed by atoms with van der Waals surface area (Å²) < 4.78 is 0. The third-order valence-electron chi connectivity index (χ3n) is 2.05. The highest BCUT2D eigenvalue weighted by Crippen LogP contribution is 1.95. The van der Waals surface area contributed by atoms with E-state index in [1.54, 1.807) is 0 Å². The lowest BCUT2D eigenvalue weighted by molar-refractivity contribution is -0.134. The lowest BCUT2D eigenvalue weighted by Gasteiger charge is -2.21. The van der Waals surface area contributed by atoms with E-state index in [0.717, 1.165) is 12.8 Å². The first kappa shape index (κ1) is 14.9. The number of nitrogens with one attached hydrogen (secondary N) is 1. The summed E-state index contributed by atoms with van der Waals surface area (Å²) in [4.78, 5) is 23.8. The molecule has 0 aliphatic heterocycles. The molecule has 4 N–H and O–H groups in total. The average molecular weight is 231 g/mol. The van der Waals surface area contributed by atoms with Gasteiger partial charge in [0.05, 0.1) is 19.7 Å². The molecule has 0 unspecified atom stereocenters. The van der Waals surface area contributed by atoms with E-state index in [9.17, 15) is 9.59 Å². The van der Waals surface area contributed by atoms with Gasteiger partial charge in [0.15, 0.2) is 0 Å². The molecule has 0 saturated heterocycles. The smallest absolute Gasteiger partial charge is 0.237 e. The van der Waals surface area contributed by atoms with E-state index < -0.39 is 5.91 Å². The molecule has 6 heteroatoms. The van der Waals surface area contributed by atoms with Crippen molar-refractivity contribution in [2.45, 2.75) is 19.8 Å². The van der Waals surface area contributed by atoms with Crippen molar-refractivity contribution in [1.29, 1.82) is 0 Å². The number of unbranched alkanes of at least 4 members (excludes halogenated alkanes) is 1. The van der Waals surface area contributed by atoms with E-state index in [0.29, 0.717) is 13.1 Å². The summed E-state index contributed by atoms with van der Waals surface area (Å²) >= 11 is 0. The van der Waals surface area contributed by atoms with Crippen LogP contribution in [0.1, 0.15) is 19.8 Å². The van der Waals surface area contributed by atoms with E-state index in [1.807, 2.05) is 6.92 Å². The second kappa shape index (κ2) is 9.11. The molecule has 0 radical (unpaired) electrons. The second-order valence-electron chi connectivity index (χ2n) is 3.54. The number of carbonyl (C=O) groups excluding carboxylic acids is 2. The maximum atomic E-state index is 11.6. The van der Waals surface area contributed by atoms with Gasteiger partial charge in [0, 0.05) is 13.1 Å². The van der Waals surface area contributed by atoms with E-state index in [2.05, 4.69) is 5.32 Å². The van der Waals surface area contributed by atoms with Crippen LogP contribution in [0, 0.1) is 0 Å². The molecule has 0 aromatic heterocycles. The predicted octanol–water partition coefficient (Wildman–Crippen LogP) is -1.32. The van der Waals surface area contributed by atoms with Crippen LogP contribution in [0.4, 0.5) is 0 Å². The number of aliphatic hydroxyl groups is 1. The summed E-state index contributed by atoms with van der Waals surface area (Å²) in [6, 6.07) is 0. The largest absolute Gasteiger partial charge is 0.395 e. The molecule has 0 aliphatic carbocycles. The van der Waals surface area contributed by atoms with Crippen molar-refractivity contribution in [3.63, 3.8) is 0 Å². The van der Waals surface area contributed by atoms with E-state index >= 15 is 0 Å². The zero-order valence-corrected chi connectivity index (χ0v) is 9.74. The SMILES string of the molecule is CCCCN(CC(N)=O)C(=O)CNCCO.